The normalized spacial score (nSPS) is 12.2. The molecule has 42 heavy (non-hydrogen) atoms. The third kappa shape index (κ3) is 35.6. The quantitative estimate of drug-likeness (QED) is 0.0577. The van der Waals surface area contributed by atoms with E-state index in [2.05, 4.69) is 13.8 Å². The van der Waals surface area contributed by atoms with E-state index in [1.807, 2.05) is 0 Å². The first-order valence-electron chi connectivity index (χ1n) is 19.1. The standard InChI is InChI=1S/C38H76O4/c1-3-5-7-9-11-13-15-17-18-19-20-22-24-26-28-30-32-34-41-35-37(39)36-42-38(40)33-31-29-27-25-23-21-16-14-12-10-8-6-4-2/h37,39H,3-36H2,1-2H3. The Balaban J connectivity index is 3.25. The topological polar surface area (TPSA) is 55.8 Å². The fourth-order valence-electron chi connectivity index (χ4n) is 5.74. The van der Waals surface area contributed by atoms with Crippen molar-refractivity contribution in [3.63, 3.8) is 0 Å². The molecule has 0 aromatic rings. The number of hydrogen-bond donors (Lipinski definition) is 1. The van der Waals surface area contributed by atoms with Gasteiger partial charge in [-0.05, 0) is 12.8 Å². The Hall–Kier alpha value is -0.610. The molecule has 1 atom stereocenters. The summed E-state index contributed by atoms with van der Waals surface area (Å²) < 4.78 is 10.8. The molecule has 0 amide bonds. The number of rotatable bonds is 36. The molecule has 0 aliphatic carbocycles. The number of unbranched alkanes of at least 4 members (excludes halogenated alkanes) is 28. The van der Waals surface area contributed by atoms with Gasteiger partial charge in [0, 0.05) is 13.0 Å². The Labute approximate surface area is 263 Å². The van der Waals surface area contributed by atoms with Gasteiger partial charge in [0.15, 0.2) is 0 Å². The molecule has 0 radical (unpaired) electrons. The summed E-state index contributed by atoms with van der Waals surface area (Å²) in [5.41, 5.74) is 0. The summed E-state index contributed by atoms with van der Waals surface area (Å²) in [4.78, 5) is 11.9. The van der Waals surface area contributed by atoms with E-state index in [9.17, 15) is 9.90 Å². The molecule has 1 unspecified atom stereocenters. The number of aliphatic hydroxyl groups excluding tert-OH is 1. The van der Waals surface area contributed by atoms with Crippen LogP contribution in [-0.4, -0.2) is 37.0 Å². The minimum absolute atomic E-state index is 0.0519. The monoisotopic (exact) mass is 597 g/mol. The predicted molar refractivity (Wildman–Crippen MR) is 182 cm³/mol. The second kappa shape index (κ2) is 36.6. The highest BCUT2D eigenvalue weighted by Gasteiger charge is 2.09. The average molecular weight is 597 g/mol. The van der Waals surface area contributed by atoms with E-state index < -0.39 is 6.10 Å². The van der Waals surface area contributed by atoms with Gasteiger partial charge in [0.1, 0.15) is 12.7 Å². The highest BCUT2D eigenvalue weighted by molar-refractivity contribution is 5.69. The number of esters is 1. The third-order valence-electron chi connectivity index (χ3n) is 8.62. The molecule has 0 saturated heterocycles. The van der Waals surface area contributed by atoms with Crippen molar-refractivity contribution < 1.29 is 19.4 Å². The minimum Gasteiger partial charge on any atom is -0.463 e. The van der Waals surface area contributed by atoms with Crippen molar-refractivity contribution in [3.8, 4) is 0 Å². The van der Waals surface area contributed by atoms with Crippen molar-refractivity contribution in [1.82, 2.24) is 0 Å². The van der Waals surface area contributed by atoms with Crippen LogP contribution in [0.2, 0.25) is 0 Å². The van der Waals surface area contributed by atoms with Crippen LogP contribution in [0.4, 0.5) is 0 Å². The first-order chi connectivity index (χ1) is 20.7. The van der Waals surface area contributed by atoms with Crippen LogP contribution in [0.15, 0.2) is 0 Å². The Morgan fingerprint density at radius 2 is 0.762 bits per heavy atom. The van der Waals surface area contributed by atoms with Crippen molar-refractivity contribution in [3.05, 3.63) is 0 Å². The summed E-state index contributed by atoms with van der Waals surface area (Å²) in [6, 6.07) is 0. The maximum absolute atomic E-state index is 11.9. The van der Waals surface area contributed by atoms with Gasteiger partial charge in [-0.25, -0.2) is 0 Å². The molecule has 0 fully saturated rings. The fraction of sp³-hybridized carbons (Fsp3) is 0.974. The van der Waals surface area contributed by atoms with Gasteiger partial charge in [0.05, 0.1) is 6.61 Å². The Morgan fingerprint density at radius 3 is 1.12 bits per heavy atom. The zero-order chi connectivity index (χ0) is 30.6. The summed E-state index contributed by atoms with van der Waals surface area (Å²) in [6.45, 7) is 5.55. The lowest BCUT2D eigenvalue weighted by Crippen LogP contribution is -2.24. The van der Waals surface area contributed by atoms with E-state index >= 15 is 0 Å². The number of carbonyl (C=O) groups excluding carboxylic acids is 1. The summed E-state index contributed by atoms with van der Waals surface area (Å²) >= 11 is 0. The Kier molecular flexibility index (Phi) is 36.0. The Bertz CT molecular complexity index is 509. The molecular weight excluding hydrogens is 520 g/mol. The zero-order valence-electron chi connectivity index (χ0n) is 28.8. The number of aliphatic hydroxyl groups is 1. The molecule has 0 aliphatic rings. The van der Waals surface area contributed by atoms with Crippen molar-refractivity contribution in [1.29, 1.82) is 0 Å². The second-order valence-corrected chi connectivity index (χ2v) is 13.1. The predicted octanol–water partition coefficient (Wildman–Crippen LogP) is 12.0. The van der Waals surface area contributed by atoms with Crippen LogP contribution in [-0.2, 0) is 14.3 Å². The van der Waals surface area contributed by atoms with Gasteiger partial charge in [-0.3, -0.25) is 4.79 Å². The molecular formula is C38H76O4. The first kappa shape index (κ1) is 41.4. The number of carbonyl (C=O) groups is 1. The van der Waals surface area contributed by atoms with E-state index in [1.54, 1.807) is 0 Å². The van der Waals surface area contributed by atoms with Crippen molar-refractivity contribution in [2.24, 2.45) is 0 Å². The highest BCUT2D eigenvalue weighted by Crippen LogP contribution is 2.15. The van der Waals surface area contributed by atoms with Gasteiger partial charge < -0.3 is 14.6 Å². The SMILES string of the molecule is CCCCCCCCCCCCCCCCCCCOCC(O)COC(=O)CCCCCCCCCCCCCCC. The molecule has 1 N–H and O–H groups in total. The van der Waals surface area contributed by atoms with Crippen LogP contribution in [0.5, 0.6) is 0 Å². The van der Waals surface area contributed by atoms with Gasteiger partial charge in [-0.2, -0.15) is 0 Å². The summed E-state index contributed by atoms with van der Waals surface area (Å²) in [5, 5.41) is 10.0. The van der Waals surface area contributed by atoms with E-state index in [0.717, 1.165) is 19.3 Å². The largest absolute Gasteiger partial charge is 0.463 e. The molecule has 0 heterocycles. The second-order valence-electron chi connectivity index (χ2n) is 13.1. The molecule has 4 heteroatoms. The molecule has 0 aromatic carbocycles. The lowest BCUT2D eigenvalue weighted by molar-refractivity contribution is -0.147. The average Bonchev–Trinajstić information content (AvgIpc) is 2.99. The van der Waals surface area contributed by atoms with Crippen LogP contribution >= 0.6 is 0 Å². The van der Waals surface area contributed by atoms with Crippen molar-refractivity contribution in [2.75, 3.05) is 19.8 Å². The molecule has 252 valence electrons. The van der Waals surface area contributed by atoms with Crippen LogP contribution in [0.1, 0.15) is 213 Å². The first-order valence-corrected chi connectivity index (χ1v) is 19.1. The van der Waals surface area contributed by atoms with Crippen LogP contribution in [0.3, 0.4) is 0 Å². The number of hydrogen-bond acceptors (Lipinski definition) is 4. The van der Waals surface area contributed by atoms with Crippen LogP contribution in [0, 0.1) is 0 Å². The molecule has 4 nitrogen and oxygen atoms in total. The van der Waals surface area contributed by atoms with Gasteiger partial charge in [0.2, 0.25) is 0 Å². The maximum Gasteiger partial charge on any atom is 0.305 e. The third-order valence-corrected chi connectivity index (χ3v) is 8.62. The number of ether oxygens (including phenoxy) is 2. The van der Waals surface area contributed by atoms with E-state index in [-0.39, 0.29) is 19.2 Å². The molecule has 0 aliphatic heterocycles. The molecule has 0 spiro atoms. The zero-order valence-corrected chi connectivity index (χ0v) is 28.8. The van der Waals surface area contributed by atoms with Gasteiger partial charge in [0.25, 0.3) is 0 Å². The molecule has 0 aromatic heterocycles. The van der Waals surface area contributed by atoms with Gasteiger partial charge in [-0.15, -0.1) is 0 Å². The fourth-order valence-corrected chi connectivity index (χ4v) is 5.74. The lowest BCUT2D eigenvalue weighted by Gasteiger charge is -2.12. The van der Waals surface area contributed by atoms with E-state index in [4.69, 9.17) is 9.47 Å². The lowest BCUT2D eigenvalue weighted by atomic mass is 10.0. The molecule has 0 saturated carbocycles. The van der Waals surface area contributed by atoms with Gasteiger partial charge in [-0.1, -0.05) is 194 Å². The van der Waals surface area contributed by atoms with Crippen LogP contribution in [0.25, 0.3) is 0 Å². The molecule has 0 rings (SSSR count). The highest BCUT2D eigenvalue weighted by atomic mass is 16.5. The summed E-state index contributed by atoms with van der Waals surface area (Å²) in [7, 11) is 0. The maximum atomic E-state index is 11.9. The molecule has 0 bridgehead atoms. The van der Waals surface area contributed by atoms with Crippen molar-refractivity contribution >= 4 is 5.97 Å². The Morgan fingerprint density at radius 1 is 0.452 bits per heavy atom. The van der Waals surface area contributed by atoms with E-state index in [1.165, 1.54) is 173 Å². The summed E-state index contributed by atoms with van der Waals surface area (Å²) in [5.74, 6) is -0.190. The van der Waals surface area contributed by atoms with Crippen LogP contribution < -0.4 is 0 Å². The summed E-state index contributed by atoms with van der Waals surface area (Å²) in [6.07, 6.45) is 39.9. The van der Waals surface area contributed by atoms with Crippen molar-refractivity contribution in [2.45, 2.75) is 219 Å². The minimum atomic E-state index is -0.716. The van der Waals surface area contributed by atoms with Gasteiger partial charge >= 0.3 is 5.97 Å². The van der Waals surface area contributed by atoms with E-state index in [0.29, 0.717) is 13.0 Å². The smallest absolute Gasteiger partial charge is 0.305 e.